The maximum absolute atomic E-state index is 12.8. The van der Waals surface area contributed by atoms with Crippen LogP contribution in [0.25, 0.3) is 11.1 Å². The van der Waals surface area contributed by atoms with Crippen LogP contribution in [0.3, 0.4) is 0 Å². The summed E-state index contributed by atoms with van der Waals surface area (Å²) in [7, 11) is 0. The molecule has 4 atom stereocenters. The van der Waals surface area contributed by atoms with Crippen molar-refractivity contribution >= 4 is 23.5 Å². The van der Waals surface area contributed by atoms with Gasteiger partial charge < -0.3 is 30.0 Å². The summed E-state index contributed by atoms with van der Waals surface area (Å²) in [6.07, 6.45) is -0.818. The average molecular weight is 723 g/mol. The van der Waals surface area contributed by atoms with E-state index in [4.69, 9.17) is 14.2 Å². The van der Waals surface area contributed by atoms with E-state index in [0.29, 0.717) is 18.0 Å². The number of carbonyl (C=O) groups excluding carboxylic acids is 1. The average Bonchev–Trinajstić information content (AvgIpc) is 3.21. The fraction of sp³-hybridized carbons (Fsp3) is 0.178. The minimum Gasteiger partial charge on any atom is -0.457 e. The zero-order valence-electron chi connectivity index (χ0n) is 29.4. The highest BCUT2D eigenvalue weighted by Gasteiger charge is 2.38. The van der Waals surface area contributed by atoms with Crippen molar-refractivity contribution in [2.24, 2.45) is 5.92 Å². The Morgan fingerprint density at radius 3 is 2.11 bits per heavy atom. The summed E-state index contributed by atoms with van der Waals surface area (Å²) in [6, 6.07) is 51.4. The molecule has 2 amide bonds. The van der Waals surface area contributed by atoms with Gasteiger partial charge in [-0.2, -0.15) is 0 Å². The Bertz CT molecular complexity index is 2080. The quantitative estimate of drug-likeness (QED) is 0.109. The van der Waals surface area contributed by atoms with E-state index in [2.05, 4.69) is 66.1 Å². The Balaban J connectivity index is 1.01. The molecule has 7 nitrogen and oxygen atoms in total. The van der Waals surface area contributed by atoms with E-state index in [1.54, 1.807) is 11.8 Å². The standard InChI is InChI=1S/C45H42N2O5S/c1-31-42(30-53-41-16-6-3-7-17-41)51-44(52-43(31)34-20-18-32(29-48)19-21-34)37-13-9-12-36(27-37)35-11-8-10-33(26-35)28-46-45(49)47-38-22-24-40(25-23-38)50-39-14-4-2-5-15-39/h2-27,31,42-44,48H,28-30H2,1H3,(H2,46,47,49). The Morgan fingerprint density at radius 1 is 0.698 bits per heavy atom. The molecule has 0 spiro atoms. The molecule has 0 bridgehead atoms. The Labute approximate surface area is 315 Å². The third kappa shape index (κ3) is 9.54. The van der Waals surface area contributed by atoms with Crippen LogP contribution in [0.5, 0.6) is 11.5 Å². The zero-order chi connectivity index (χ0) is 36.4. The lowest BCUT2D eigenvalue weighted by Gasteiger charge is -2.41. The first kappa shape index (κ1) is 36.0. The van der Waals surface area contributed by atoms with Crippen LogP contribution in [-0.2, 0) is 22.6 Å². The van der Waals surface area contributed by atoms with Crippen LogP contribution < -0.4 is 15.4 Å². The first-order valence-corrected chi connectivity index (χ1v) is 18.7. The molecule has 1 saturated heterocycles. The van der Waals surface area contributed by atoms with Gasteiger partial charge in [-0.3, -0.25) is 0 Å². The lowest BCUT2D eigenvalue weighted by atomic mass is 9.91. The van der Waals surface area contributed by atoms with E-state index in [1.165, 1.54) is 4.90 Å². The summed E-state index contributed by atoms with van der Waals surface area (Å²) in [4.78, 5) is 14.0. The first-order chi connectivity index (χ1) is 26.0. The molecule has 4 unspecified atom stereocenters. The van der Waals surface area contributed by atoms with Crippen molar-refractivity contribution in [3.8, 4) is 22.6 Å². The van der Waals surface area contributed by atoms with Crippen molar-refractivity contribution in [2.75, 3.05) is 11.1 Å². The van der Waals surface area contributed by atoms with Crippen LogP contribution in [0.15, 0.2) is 163 Å². The number of benzene rings is 6. The molecule has 0 aromatic heterocycles. The molecule has 1 aliphatic heterocycles. The summed E-state index contributed by atoms with van der Waals surface area (Å²) in [5, 5.41) is 15.5. The topological polar surface area (TPSA) is 89.1 Å². The number of anilines is 1. The van der Waals surface area contributed by atoms with E-state index in [-0.39, 0.29) is 30.8 Å². The molecule has 1 heterocycles. The fourth-order valence-corrected chi connectivity index (χ4v) is 7.41. The number of hydrogen-bond acceptors (Lipinski definition) is 6. The number of amides is 2. The summed E-state index contributed by atoms with van der Waals surface area (Å²) < 4.78 is 19.3. The summed E-state index contributed by atoms with van der Waals surface area (Å²) in [5.41, 5.74) is 6.55. The summed E-state index contributed by atoms with van der Waals surface area (Å²) in [6.45, 7) is 2.55. The molecular formula is C45H42N2O5S. The van der Waals surface area contributed by atoms with E-state index < -0.39 is 6.29 Å². The highest BCUT2D eigenvalue weighted by Crippen LogP contribution is 2.43. The number of hydrogen-bond donors (Lipinski definition) is 3. The molecule has 3 N–H and O–H groups in total. The number of rotatable bonds is 12. The first-order valence-electron chi connectivity index (χ1n) is 17.8. The largest absolute Gasteiger partial charge is 0.457 e. The number of para-hydroxylation sites is 1. The van der Waals surface area contributed by atoms with Gasteiger partial charge in [0.1, 0.15) is 11.5 Å². The van der Waals surface area contributed by atoms with Crippen molar-refractivity contribution in [3.05, 3.63) is 180 Å². The molecule has 1 fully saturated rings. The normalized spacial score (nSPS) is 18.2. The predicted molar refractivity (Wildman–Crippen MR) is 211 cm³/mol. The number of carbonyl (C=O) groups is 1. The number of aliphatic hydroxyl groups is 1. The van der Waals surface area contributed by atoms with Crippen LogP contribution in [0.4, 0.5) is 10.5 Å². The van der Waals surface area contributed by atoms with Crippen LogP contribution in [0, 0.1) is 5.92 Å². The van der Waals surface area contributed by atoms with E-state index in [1.807, 2.05) is 109 Å². The number of nitrogens with one attached hydrogen (secondary N) is 2. The molecular weight excluding hydrogens is 681 g/mol. The SMILES string of the molecule is CC1C(CSc2ccccc2)OC(c2cccc(-c3cccc(CNC(=O)Nc4ccc(Oc5ccccc5)cc4)c3)c2)OC1c1ccc(CO)cc1. The molecule has 0 radical (unpaired) electrons. The van der Waals surface area contributed by atoms with Crippen molar-refractivity contribution in [1.29, 1.82) is 0 Å². The number of ether oxygens (including phenoxy) is 3. The van der Waals surface area contributed by atoms with Gasteiger partial charge in [0.05, 0.1) is 18.8 Å². The van der Waals surface area contributed by atoms with E-state index in [0.717, 1.165) is 44.9 Å². The van der Waals surface area contributed by atoms with Gasteiger partial charge in [-0.05, 0) is 88.5 Å². The van der Waals surface area contributed by atoms with E-state index in [9.17, 15) is 9.90 Å². The molecule has 1 aliphatic rings. The van der Waals surface area contributed by atoms with Gasteiger partial charge in [-0.15, -0.1) is 11.8 Å². The van der Waals surface area contributed by atoms with Crippen LogP contribution in [0.1, 0.15) is 41.6 Å². The summed E-state index contributed by atoms with van der Waals surface area (Å²) in [5.74, 6) is 2.32. The van der Waals surface area contributed by atoms with Gasteiger partial charge in [0.15, 0.2) is 6.29 Å². The van der Waals surface area contributed by atoms with Crippen LogP contribution in [-0.4, -0.2) is 23.0 Å². The van der Waals surface area contributed by atoms with Gasteiger partial charge in [0, 0.05) is 34.4 Å². The lowest BCUT2D eigenvalue weighted by molar-refractivity contribution is -0.268. The highest BCUT2D eigenvalue weighted by atomic mass is 32.2. The second kappa shape index (κ2) is 17.4. The third-order valence-corrected chi connectivity index (χ3v) is 10.3. The van der Waals surface area contributed by atoms with Crippen molar-refractivity contribution in [1.82, 2.24) is 5.32 Å². The molecule has 8 heteroatoms. The molecule has 7 rings (SSSR count). The van der Waals surface area contributed by atoms with Crippen LogP contribution in [0.2, 0.25) is 0 Å². The number of aliphatic hydroxyl groups excluding tert-OH is 1. The van der Waals surface area contributed by atoms with Crippen molar-refractivity contribution < 1.29 is 24.1 Å². The molecule has 268 valence electrons. The second-order valence-electron chi connectivity index (χ2n) is 13.0. The Morgan fingerprint density at radius 2 is 1.38 bits per heavy atom. The zero-order valence-corrected chi connectivity index (χ0v) is 30.2. The lowest BCUT2D eigenvalue weighted by Crippen LogP contribution is -2.38. The minimum atomic E-state index is -0.567. The monoisotopic (exact) mass is 722 g/mol. The van der Waals surface area contributed by atoms with Gasteiger partial charge in [0.2, 0.25) is 0 Å². The molecule has 6 aromatic rings. The smallest absolute Gasteiger partial charge is 0.319 e. The molecule has 0 aliphatic carbocycles. The van der Waals surface area contributed by atoms with Gasteiger partial charge in [0.25, 0.3) is 0 Å². The van der Waals surface area contributed by atoms with Gasteiger partial charge >= 0.3 is 6.03 Å². The summed E-state index contributed by atoms with van der Waals surface area (Å²) >= 11 is 1.79. The number of urea groups is 1. The van der Waals surface area contributed by atoms with Gasteiger partial charge in [-0.1, -0.05) is 104 Å². The highest BCUT2D eigenvalue weighted by molar-refractivity contribution is 7.99. The van der Waals surface area contributed by atoms with Crippen molar-refractivity contribution in [2.45, 2.75) is 43.5 Å². The van der Waals surface area contributed by atoms with Gasteiger partial charge in [-0.25, -0.2) is 4.79 Å². The third-order valence-electron chi connectivity index (χ3n) is 9.24. The number of thioether (sulfide) groups is 1. The van der Waals surface area contributed by atoms with Crippen molar-refractivity contribution in [3.63, 3.8) is 0 Å². The minimum absolute atomic E-state index is 0.00116. The predicted octanol–water partition coefficient (Wildman–Crippen LogP) is 10.5. The second-order valence-corrected chi connectivity index (χ2v) is 14.1. The maximum atomic E-state index is 12.8. The Hall–Kier alpha value is -5.38. The Kier molecular flexibility index (Phi) is 11.8. The molecule has 53 heavy (non-hydrogen) atoms. The van der Waals surface area contributed by atoms with E-state index >= 15 is 0 Å². The molecule has 6 aromatic carbocycles. The fourth-order valence-electron chi connectivity index (χ4n) is 6.32. The maximum Gasteiger partial charge on any atom is 0.319 e. The van der Waals surface area contributed by atoms with Crippen LogP contribution >= 0.6 is 11.8 Å². The molecule has 0 saturated carbocycles.